The van der Waals surface area contributed by atoms with Crippen LogP contribution in [0.5, 0.6) is 0 Å². The molecule has 4 aromatic heterocycles. The number of aliphatic hydroxyl groups is 2. The number of ether oxygens (including phenoxy) is 2. The van der Waals surface area contributed by atoms with Crippen LogP contribution in [-0.4, -0.2) is 209 Å². The van der Waals surface area contributed by atoms with Crippen LogP contribution in [0.25, 0.3) is 0 Å². The number of imidazole rings is 4. The van der Waals surface area contributed by atoms with Gasteiger partial charge in [-0.2, -0.15) is 11.8 Å². The van der Waals surface area contributed by atoms with Gasteiger partial charge in [0.25, 0.3) is 0 Å². The van der Waals surface area contributed by atoms with Crippen LogP contribution in [0.4, 0.5) is 0 Å². The third-order valence-electron chi connectivity index (χ3n) is 19.6. The number of aldehydes is 4. The fourth-order valence-electron chi connectivity index (χ4n) is 13.1. The van der Waals surface area contributed by atoms with Gasteiger partial charge in [-0.1, -0.05) is 175 Å². The molecule has 4 aromatic rings. The summed E-state index contributed by atoms with van der Waals surface area (Å²) in [5.41, 5.74) is 15.0. The minimum Gasteiger partial charge on any atom is -0.461 e. The molecule has 32 heteroatoms. The van der Waals surface area contributed by atoms with Crippen molar-refractivity contribution < 1.29 is 67.6 Å². The Bertz CT molecular complexity index is 2880. The number of carbonyl (C=O) groups is 10. The van der Waals surface area contributed by atoms with Gasteiger partial charge in [-0.3, -0.25) is 50.0 Å². The molecule has 0 radical (unpaired) electrons. The average molecular weight is 1550 g/mol. The Hall–Kier alpha value is -7.59. The van der Waals surface area contributed by atoms with E-state index < -0.39 is 121 Å². The molecule has 6 unspecified atom stereocenters. The highest BCUT2D eigenvalue weighted by Crippen LogP contribution is 2.28. The van der Waals surface area contributed by atoms with Gasteiger partial charge >= 0.3 is 11.9 Å². The summed E-state index contributed by atoms with van der Waals surface area (Å²) < 4.78 is 11.8. The summed E-state index contributed by atoms with van der Waals surface area (Å²) >= 11 is 1.17. The molecule has 0 fully saturated rings. The number of nitrogens with one attached hydrogen (secondary N) is 11. The second-order valence-electron chi connectivity index (χ2n) is 28.9. The molecule has 0 saturated carbocycles. The lowest BCUT2D eigenvalue weighted by Crippen LogP contribution is -2.68. The number of nitrogens with zero attached hydrogens (tertiary/aromatic N) is 4. The summed E-state index contributed by atoms with van der Waals surface area (Å²) in [6, 6.07) is -8.53. The Morgan fingerprint density at radius 1 is 0.486 bits per heavy atom. The van der Waals surface area contributed by atoms with E-state index in [1.54, 1.807) is 0 Å². The number of thioether (sulfide) groups is 1. The van der Waals surface area contributed by atoms with Gasteiger partial charge in [-0.15, -0.1) is 0 Å². The van der Waals surface area contributed by atoms with Crippen LogP contribution in [-0.2, 0) is 83.1 Å². The van der Waals surface area contributed by atoms with Crippen LogP contribution in [0.1, 0.15) is 224 Å². The number of primary amides is 1. The minimum atomic E-state index is -1.62. The summed E-state index contributed by atoms with van der Waals surface area (Å²) in [6.45, 7) is 6.00. The van der Waals surface area contributed by atoms with Gasteiger partial charge in [0.1, 0.15) is 49.9 Å². The first-order valence-corrected chi connectivity index (χ1v) is 40.9. The molecule has 0 saturated heterocycles. The van der Waals surface area contributed by atoms with E-state index in [1.165, 1.54) is 158 Å². The number of rotatable bonds is 69. The van der Waals surface area contributed by atoms with Crippen molar-refractivity contribution in [2.45, 2.75) is 287 Å². The standard InChI is InChI=1S/C77H129N17O14S/c1-5-7-9-11-13-15-17-19-21-23-25-29-54(3)76(105)107-47-64(108-77(106)55(4)30-26-24-22-20-18-16-14-12-10-8-6-2)48-109-49-66(78)73(102)93-68(46-100)75(104)94-67(45-99)74(103)84-32-28-27-31-65(70(79)101)69(71(89-60(41-95)33-56-37-80-50-85-56)90-61(42-96)34-57-38-81-51-86-57)72(91-62(43-97)35-58-39-82-52-87-58)92-63(44-98)36-59-40-83-53-88-59/h37-44,50-55,60-69,71-72,89-92,99-100H,5-36,45-49,78H2,1-4H3,(H2,79,101)(H,80,85)(H,81,86)(H,82,87)(H,83,88)(H,84,103)(H,93,102)(H,94,104)/t54?,55?,60-,61-,62-,63-,64?,65?,66?,67?,68-/m0/s1. The lowest BCUT2D eigenvalue weighted by molar-refractivity contribution is -0.162. The van der Waals surface area contributed by atoms with Crippen molar-refractivity contribution in [3.8, 4) is 0 Å². The molecule has 0 aliphatic heterocycles. The van der Waals surface area contributed by atoms with Crippen molar-refractivity contribution >= 4 is 72.5 Å². The lowest BCUT2D eigenvalue weighted by atomic mass is 9.81. The largest absolute Gasteiger partial charge is 0.461 e. The molecule has 4 rings (SSSR count). The van der Waals surface area contributed by atoms with Crippen LogP contribution in [0.2, 0.25) is 0 Å². The second kappa shape index (κ2) is 57.5. The molecule has 0 bridgehead atoms. The zero-order valence-corrected chi connectivity index (χ0v) is 65.6. The molecule has 17 N–H and O–H groups in total. The molecule has 0 spiro atoms. The molecule has 0 aromatic carbocycles. The first-order chi connectivity index (χ1) is 52.9. The van der Waals surface area contributed by atoms with E-state index in [1.807, 2.05) is 13.8 Å². The molecule has 4 heterocycles. The van der Waals surface area contributed by atoms with Gasteiger partial charge < -0.3 is 86.2 Å². The monoisotopic (exact) mass is 1550 g/mol. The first-order valence-electron chi connectivity index (χ1n) is 39.7. The summed E-state index contributed by atoms with van der Waals surface area (Å²) in [5, 5.41) is 41.5. The van der Waals surface area contributed by atoms with Gasteiger partial charge in [0.15, 0.2) is 0 Å². The van der Waals surface area contributed by atoms with Crippen molar-refractivity contribution in [3.05, 3.63) is 72.9 Å². The molecular weight excluding hydrogens is 1420 g/mol. The highest BCUT2D eigenvalue weighted by molar-refractivity contribution is 7.99. The number of aromatic amines is 4. The Morgan fingerprint density at radius 3 is 1.20 bits per heavy atom. The van der Waals surface area contributed by atoms with Crippen molar-refractivity contribution in [1.29, 1.82) is 0 Å². The molecule has 11 atom stereocenters. The van der Waals surface area contributed by atoms with Gasteiger partial charge in [0.2, 0.25) is 23.6 Å². The van der Waals surface area contributed by atoms with Gasteiger partial charge in [-0.05, 0) is 25.7 Å². The number of carbonyl (C=O) groups excluding carboxylic acids is 10. The SMILES string of the molecule is CCCCCCCCCCCCCC(C)C(=O)OCC(CSCC(N)C(=O)N[C@@H](CO)C(=O)NC(CO)C(=O)NCCCCC(C(N)=O)C(C(N[C@H](C=O)Cc1cnc[nH]1)N[C@H](C=O)Cc1cnc[nH]1)C(N[C@H](C=O)Cc1cnc[nH]1)N[C@H](C=O)Cc1cnc[nH]1)OC(=O)C(C)CCCCCCCCCCCCC. The van der Waals surface area contributed by atoms with Gasteiger partial charge in [-0.25, -0.2) is 19.9 Å². The summed E-state index contributed by atoms with van der Waals surface area (Å²) in [5.74, 6) is -7.45. The maximum Gasteiger partial charge on any atom is 0.309 e. The summed E-state index contributed by atoms with van der Waals surface area (Å²) in [6.07, 6.45) is 39.1. The van der Waals surface area contributed by atoms with E-state index in [4.69, 9.17) is 20.9 Å². The van der Waals surface area contributed by atoms with Crippen molar-refractivity contribution in [2.24, 2.45) is 35.1 Å². The van der Waals surface area contributed by atoms with E-state index >= 15 is 0 Å². The van der Waals surface area contributed by atoms with E-state index in [0.29, 0.717) is 60.8 Å². The van der Waals surface area contributed by atoms with E-state index in [9.17, 15) is 58.2 Å². The molecule has 109 heavy (non-hydrogen) atoms. The predicted octanol–water partition coefficient (Wildman–Crippen LogP) is 5.28. The second-order valence-corrected chi connectivity index (χ2v) is 29.9. The number of nitrogens with two attached hydrogens (primary N) is 2. The van der Waals surface area contributed by atoms with Crippen LogP contribution < -0.4 is 48.7 Å². The first kappa shape index (κ1) is 93.8. The zero-order chi connectivity index (χ0) is 79.2. The molecule has 31 nitrogen and oxygen atoms in total. The van der Waals surface area contributed by atoms with Crippen molar-refractivity contribution in [1.82, 2.24) is 77.1 Å². The number of aromatic nitrogens is 8. The van der Waals surface area contributed by atoms with Crippen LogP contribution in [0, 0.1) is 23.7 Å². The number of aliphatic hydroxyl groups excluding tert-OH is 2. The number of esters is 2. The van der Waals surface area contributed by atoms with E-state index in [0.717, 1.165) is 44.9 Å². The topological polar surface area (TPSA) is 481 Å². The minimum absolute atomic E-state index is 0.0351. The Balaban J connectivity index is 1.43. The van der Waals surface area contributed by atoms with Crippen LogP contribution in [0.15, 0.2) is 50.1 Å². The van der Waals surface area contributed by atoms with E-state index in [2.05, 4.69) is 90.9 Å². The fraction of sp³-hybridized carbons (Fsp3) is 0.714. The maximum atomic E-state index is 14.3. The molecule has 0 aliphatic rings. The normalized spacial score (nSPS) is 14.7. The number of amides is 4. The predicted molar refractivity (Wildman–Crippen MR) is 416 cm³/mol. The highest BCUT2D eigenvalue weighted by atomic mass is 32.2. The van der Waals surface area contributed by atoms with E-state index in [-0.39, 0.29) is 81.5 Å². The number of H-pyrrole nitrogens is 4. The van der Waals surface area contributed by atoms with Gasteiger partial charge in [0.05, 0.1) is 92.9 Å². The summed E-state index contributed by atoms with van der Waals surface area (Å²) in [7, 11) is 0. The highest BCUT2D eigenvalue weighted by Gasteiger charge is 2.43. The molecule has 612 valence electrons. The number of unbranched alkanes of at least 4 members (excludes halogenated alkanes) is 21. The molecule has 0 aliphatic carbocycles. The fourth-order valence-corrected chi connectivity index (χ4v) is 14.1. The molecule has 4 amide bonds. The summed E-state index contributed by atoms with van der Waals surface area (Å²) in [4.78, 5) is 163. The van der Waals surface area contributed by atoms with Crippen LogP contribution in [0.3, 0.4) is 0 Å². The quantitative estimate of drug-likeness (QED) is 0.0116. The van der Waals surface area contributed by atoms with Crippen molar-refractivity contribution in [3.63, 3.8) is 0 Å². The van der Waals surface area contributed by atoms with Crippen molar-refractivity contribution in [2.75, 3.05) is 37.9 Å². The third-order valence-corrected chi connectivity index (χ3v) is 20.8. The zero-order valence-electron chi connectivity index (χ0n) is 64.8. The number of hydrogen-bond donors (Lipinski definition) is 15. The maximum absolute atomic E-state index is 14.3. The Labute approximate surface area is 647 Å². The molecular formula is C77H129N17O14S. The Morgan fingerprint density at radius 2 is 0.844 bits per heavy atom. The van der Waals surface area contributed by atoms with Gasteiger partial charge in [0, 0.05) is 103 Å². The lowest BCUT2D eigenvalue weighted by Gasteiger charge is -2.43. The smallest absolute Gasteiger partial charge is 0.309 e. The number of hydrogen-bond acceptors (Lipinski definition) is 24. The van der Waals surface area contributed by atoms with Crippen LogP contribution >= 0.6 is 11.8 Å². The Kier molecular flexibility index (Phi) is 49.4. The third kappa shape index (κ3) is 39.2. The average Bonchev–Trinajstić information content (AvgIpc) is 1.81.